The van der Waals surface area contributed by atoms with Gasteiger partial charge >= 0.3 is 5.97 Å². The number of unbranched alkanes of at least 4 members (excludes halogenated alkanes) is 4. The first-order valence-corrected chi connectivity index (χ1v) is 15.1. The quantitative estimate of drug-likeness (QED) is 0.109. The molecule has 0 saturated carbocycles. The van der Waals surface area contributed by atoms with Gasteiger partial charge in [-0.1, -0.05) is 105 Å². The monoisotopic (exact) mass is 599 g/mol. The van der Waals surface area contributed by atoms with E-state index >= 15 is 0 Å². The number of ether oxygens (including phenoxy) is 3. The summed E-state index contributed by atoms with van der Waals surface area (Å²) >= 11 is 6.26. The van der Waals surface area contributed by atoms with Gasteiger partial charge in [-0.2, -0.15) is 0 Å². The van der Waals surface area contributed by atoms with Crippen LogP contribution in [-0.2, 0) is 9.53 Å². The second-order valence-corrected chi connectivity index (χ2v) is 10.7. The van der Waals surface area contributed by atoms with Gasteiger partial charge in [-0.15, -0.1) is 0 Å². The zero-order valence-electron chi connectivity index (χ0n) is 24.7. The first-order chi connectivity index (χ1) is 21.0. The van der Waals surface area contributed by atoms with E-state index < -0.39 is 12.0 Å². The van der Waals surface area contributed by atoms with Gasteiger partial charge in [-0.3, -0.25) is 9.59 Å². The lowest BCUT2D eigenvalue weighted by molar-refractivity contribution is -0.141. The smallest absolute Gasteiger partial charge is 0.307 e. The van der Waals surface area contributed by atoms with Gasteiger partial charge in [0.05, 0.1) is 31.7 Å². The number of benzene rings is 4. The molecule has 43 heavy (non-hydrogen) atoms. The third kappa shape index (κ3) is 9.35. The molecule has 224 valence electrons. The predicted molar refractivity (Wildman–Crippen MR) is 171 cm³/mol. The van der Waals surface area contributed by atoms with Crippen molar-refractivity contribution in [1.29, 1.82) is 0 Å². The maximum atomic E-state index is 13.5. The molecule has 6 nitrogen and oxygen atoms in total. The molecule has 1 amide bonds. The van der Waals surface area contributed by atoms with Crippen LogP contribution in [0.25, 0.3) is 11.1 Å². The molecule has 0 aliphatic rings. The van der Waals surface area contributed by atoms with Crippen LogP contribution >= 0.6 is 11.6 Å². The Bertz CT molecular complexity index is 1470. The van der Waals surface area contributed by atoms with Crippen molar-refractivity contribution in [2.24, 2.45) is 0 Å². The summed E-state index contributed by atoms with van der Waals surface area (Å²) in [6.07, 6.45) is 5.47. The van der Waals surface area contributed by atoms with Crippen LogP contribution in [0.3, 0.4) is 0 Å². The number of halogens is 1. The zero-order chi connectivity index (χ0) is 30.4. The third-order valence-electron chi connectivity index (χ3n) is 7.08. The SMILES string of the molecule is CCCCCCCOc1ccc(Cl)cc1C(=O)NC(CC(=O)OC)c1ccc(-c2ccccc2Oc2ccccc2)cc1. The first-order valence-electron chi connectivity index (χ1n) is 14.7. The van der Waals surface area contributed by atoms with Crippen molar-refractivity contribution in [3.63, 3.8) is 0 Å². The summed E-state index contributed by atoms with van der Waals surface area (Å²) in [5.41, 5.74) is 2.92. The Kier molecular flexibility index (Phi) is 12.0. The van der Waals surface area contributed by atoms with Gasteiger partial charge in [0.15, 0.2) is 0 Å². The number of esters is 1. The van der Waals surface area contributed by atoms with E-state index in [1.54, 1.807) is 18.2 Å². The molecule has 1 N–H and O–H groups in total. The normalized spacial score (nSPS) is 11.4. The van der Waals surface area contributed by atoms with Gasteiger partial charge in [0.2, 0.25) is 0 Å². The number of carbonyl (C=O) groups is 2. The van der Waals surface area contributed by atoms with E-state index in [0.29, 0.717) is 22.9 Å². The highest BCUT2D eigenvalue weighted by atomic mass is 35.5. The highest BCUT2D eigenvalue weighted by Gasteiger charge is 2.22. The van der Waals surface area contributed by atoms with E-state index in [2.05, 4.69) is 12.2 Å². The zero-order valence-corrected chi connectivity index (χ0v) is 25.4. The highest BCUT2D eigenvalue weighted by Crippen LogP contribution is 2.34. The third-order valence-corrected chi connectivity index (χ3v) is 7.31. The summed E-state index contributed by atoms with van der Waals surface area (Å²) in [6.45, 7) is 2.69. The Morgan fingerprint density at radius 2 is 1.53 bits per heavy atom. The van der Waals surface area contributed by atoms with E-state index in [4.69, 9.17) is 25.8 Å². The Morgan fingerprint density at radius 1 is 0.814 bits per heavy atom. The first kappa shape index (κ1) is 31.6. The van der Waals surface area contributed by atoms with Crippen LogP contribution in [0.4, 0.5) is 0 Å². The summed E-state index contributed by atoms with van der Waals surface area (Å²) in [5.74, 6) is 1.10. The number of methoxy groups -OCH3 is 1. The molecule has 0 fully saturated rings. The van der Waals surface area contributed by atoms with Crippen LogP contribution in [0.2, 0.25) is 5.02 Å². The molecule has 0 aliphatic carbocycles. The molecule has 4 rings (SSSR count). The van der Waals surface area contributed by atoms with Gasteiger partial charge in [0.1, 0.15) is 17.2 Å². The van der Waals surface area contributed by atoms with Crippen molar-refractivity contribution >= 4 is 23.5 Å². The minimum Gasteiger partial charge on any atom is -0.493 e. The van der Waals surface area contributed by atoms with Crippen molar-refractivity contribution in [3.05, 3.63) is 113 Å². The van der Waals surface area contributed by atoms with E-state index in [9.17, 15) is 9.59 Å². The second-order valence-electron chi connectivity index (χ2n) is 10.2. The lowest BCUT2D eigenvalue weighted by Gasteiger charge is -2.20. The average Bonchev–Trinajstić information content (AvgIpc) is 3.03. The minimum absolute atomic E-state index is 0.0382. The molecule has 1 atom stereocenters. The molecule has 0 bridgehead atoms. The van der Waals surface area contributed by atoms with Crippen LogP contribution in [0.5, 0.6) is 17.2 Å². The van der Waals surface area contributed by atoms with Crippen molar-refractivity contribution in [1.82, 2.24) is 5.32 Å². The van der Waals surface area contributed by atoms with Gasteiger partial charge in [0.25, 0.3) is 5.91 Å². The number of para-hydroxylation sites is 2. The minimum atomic E-state index is -0.634. The van der Waals surface area contributed by atoms with Gasteiger partial charge in [-0.25, -0.2) is 0 Å². The Morgan fingerprint density at radius 3 is 2.28 bits per heavy atom. The van der Waals surface area contributed by atoms with Gasteiger partial charge < -0.3 is 19.5 Å². The summed E-state index contributed by atoms with van der Waals surface area (Å²) < 4.78 is 17.1. The van der Waals surface area contributed by atoms with Crippen molar-refractivity contribution in [3.8, 4) is 28.4 Å². The molecule has 0 aromatic heterocycles. The van der Waals surface area contributed by atoms with Crippen LogP contribution < -0.4 is 14.8 Å². The van der Waals surface area contributed by atoms with E-state index in [1.165, 1.54) is 20.0 Å². The maximum Gasteiger partial charge on any atom is 0.307 e. The van der Waals surface area contributed by atoms with Crippen LogP contribution in [-0.4, -0.2) is 25.6 Å². The number of amides is 1. The highest BCUT2D eigenvalue weighted by molar-refractivity contribution is 6.31. The van der Waals surface area contributed by atoms with E-state index in [0.717, 1.165) is 47.5 Å². The van der Waals surface area contributed by atoms with Crippen molar-refractivity contribution < 1.29 is 23.8 Å². The summed E-state index contributed by atoms with van der Waals surface area (Å²) in [5, 5.41) is 3.42. The fraction of sp³-hybridized carbons (Fsp3) is 0.278. The Balaban J connectivity index is 1.52. The summed E-state index contributed by atoms with van der Waals surface area (Å²) in [4.78, 5) is 25.9. The topological polar surface area (TPSA) is 73.9 Å². The largest absolute Gasteiger partial charge is 0.493 e. The number of hydrogen-bond acceptors (Lipinski definition) is 5. The van der Waals surface area contributed by atoms with E-state index in [-0.39, 0.29) is 12.3 Å². The molecule has 7 heteroatoms. The number of hydrogen-bond donors (Lipinski definition) is 1. The molecule has 0 radical (unpaired) electrons. The number of nitrogens with one attached hydrogen (secondary N) is 1. The van der Waals surface area contributed by atoms with Crippen LogP contribution in [0, 0.1) is 0 Å². The Hall–Kier alpha value is -4.29. The van der Waals surface area contributed by atoms with Gasteiger partial charge in [-0.05, 0) is 53.9 Å². The summed E-state index contributed by atoms with van der Waals surface area (Å²) in [6, 6.07) is 29.5. The van der Waals surface area contributed by atoms with Crippen LogP contribution in [0.15, 0.2) is 97.1 Å². The Labute approximate surface area is 258 Å². The van der Waals surface area contributed by atoms with Gasteiger partial charge in [0, 0.05) is 10.6 Å². The molecule has 4 aromatic carbocycles. The van der Waals surface area contributed by atoms with Crippen LogP contribution in [0.1, 0.15) is 67.4 Å². The average molecular weight is 600 g/mol. The fourth-order valence-corrected chi connectivity index (χ4v) is 4.91. The van der Waals surface area contributed by atoms with E-state index in [1.807, 2.05) is 78.9 Å². The number of rotatable bonds is 15. The lowest BCUT2D eigenvalue weighted by atomic mass is 9.98. The molecule has 0 aliphatic heterocycles. The number of carbonyl (C=O) groups excluding carboxylic acids is 2. The lowest BCUT2D eigenvalue weighted by Crippen LogP contribution is -2.31. The fourth-order valence-electron chi connectivity index (χ4n) is 4.74. The molecule has 0 saturated heterocycles. The molecule has 4 aromatic rings. The predicted octanol–water partition coefficient (Wildman–Crippen LogP) is 9.18. The molecule has 0 spiro atoms. The molecule has 0 heterocycles. The second kappa shape index (κ2) is 16.4. The molecular formula is C36H38ClNO5. The standard InChI is InChI=1S/C36H38ClNO5/c1-3-4-5-6-12-23-42-33-22-21-28(37)24-31(33)36(40)38-32(25-35(39)41-2)27-19-17-26(18-20-27)30-15-10-11-16-34(30)43-29-13-8-7-9-14-29/h7-11,13-22,24,32H,3-6,12,23,25H2,1-2H3,(H,38,40). The van der Waals surface area contributed by atoms with Crippen molar-refractivity contribution in [2.45, 2.75) is 51.5 Å². The summed E-state index contributed by atoms with van der Waals surface area (Å²) in [7, 11) is 1.33. The van der Waals surface area contributed by atoms with Crippen molar-refractivity contribution in [2.75, 3.05) is 13.7 Å². The molecule has 1 unspecified atom stereocenters. The molecular weight excluding hydrogens is 562 g/mol. The maximum absolute atomic E-state index is 13.5.